The van der Waals surface area contributed by atoms with Crippen LogP contribution in [-0.4, -0.2) is 18.9 Å². The van der Waals surface area contributed by atoms with Crippen molar-refractivity contribution < 1.29 is 14.3 Å². The summed E-state index contributed by atoms with van der Waals surface area (Å²) in [5.74, 6) is 0.526. The van der Waals surface area contributed by atoms with Crippen molar-refractivity contribution >= 4 is 34.8 Å². The van der Waals surface area contributed by atoms with Gasteiger partial charge in [-0.15, -0.1) is 0 Å². The molecule has 2 aromatic rings. The fraction of sp³-hybridized carbons (Fsp3) is 0.222. The van der Waals surface area contributed by atoms with E-state index in [0.717, 1.165) is 12.8 Å². The van der Waals surface area contributed by atoms with E-state index in [1.807, 2.05) is 0 Å². The van der Waals surface area contributed by atoms with Crippen LogP contribution in [0.5, 0.6) is 5.75 Å². The zero-order valence-electron chi connectivity index (χ0n) is 13.1. The van der Waals surface area contributed by atoms with E-state index < -0.39 is 0 Å². The van der Waals surface area contributed by atoms with Gasteiger partial charge in [0.25, 0.3) is 5.91 Å². The lowest BCUT2D eigenvalue weighted by molar-refractivity contribution is -0.117. The topological polar surface area (TPSA) is 67.4 Å². The number of hydrogen-bond acceptors (Lipinski definition) is 3. The Hall–Kier alpha value is -2.53. The number of ether oxygens (including phenoxy) is 1. The number of halogens is 1. The molecule has 3 rings (SSSR count). The second kappa shape index (κ2) is 6.93. The van der Waals surface area contributed by atoms with Gasteiger partial charge >= 0.3 is 0 Å². The third-order valence-electron chi connectivity index (χ3n) is 3.79. The molecule has 1 fully saturated rings. The van der Waals surface area contributed by atoms with Crippen molar-refractivity contribution in [3.8, 4) is 5.75 Å². The van der Waals surface area contributed by atoms with Crippen molar-refractivity contribution in [2.45, 2.75) is 12.8 Å². The van der Waals surface area contributed by atoms with Gasteiger partial charge in [0, 0.05) is 23.2 Å². The van der Waals surface area contributed by atoms with Gasteiger partial charge in [-0.2, -0.15) is 0 Å². The van der Waals surface area contributed by atoms with Gasteiger partial charge in [-0.3, -0.25) is 9.59 Å². The minimum atomic E-state index is -0.276. The van der Waals surface area contributed by atoms with E-state index in [0.29, 0.717) is 27.7 Å². The van der Waals surface area contributed by atoms with Gasteiger partial charge in [-0.05, 0) is 49.2 Å². The molecular formula is C18H17ClN2O3. The molecule has 0 atom stereocenters. The van der Waals surface area contributed by atoms with E-state index in [9.17, 15) is 9.59 Å². The van der Waals surface area contributed by atoms with Crippen molar-refractivity contribution in [2.75, 3.05) is 17.7 Å². The molecule has 1 saturated carbocycles. The third-order valence-corrected chi connectivity index (χ3v) is 4.10. The molecule has 0 bridgehead atoms. The molecule has 6 heteroatoms. The van der Waals surface area contributed by atoms with Crippen LogP contribution in [0.1, 0.15) is 23.2 Å². The van der Waals surface area contributed by atoms with Crippen LogP contribution in [0, 0.1) is 5.92 Å². The maximum Gasteiger partial charge on any atom is 0.255 e. The molecule has 0 radical (unpaired) electrons. The second-order valence-electron chi connectivity index (χ2n) is 5.64. The second-order valence-corrected chi connectivity index (χ2v) is 6.05. The van der Waals surface area contributed by atoms with Crippen LogP contribution in [0.15, 0.2) is 42.5 Å². The Balaban J connectivity index is 1.65. The number of methoxy groups -OCH3 is 1. The summed E-state index contributed by atoms with van der Waals surface area (Å²) in [5.41, 5.74) is 1.67. The molecule has 24 heavy (non-hydrogen) atoms. The lowest BCUT2D eigenvalue weighted by atomic mass is 10.2. The molecule has 0 aliphatic heterocycles. The summed E-state index contributed by atoms with van der Waals surface area (Å²) in [6.07, 6.45) is 1.91. The van der Waals surface area contributed by atoms with Gasteiger partial charge in [0.15, 0.2) is 0 Å². The van der Waals surface area contributed by atoms with Gasteiger partial charge < -0.3 is 15.4 Å². The molecule has 2 aromatic carbocycles. The monoisotopic (exact) mass is 344 g/mol. The van der Waals surface area contributed by atoms with Gasteiger partial charge in [-0.25, -0.2) is 0 Å². The smallest absolute Gasteiger partial charge is 0.255 e. The molecule has 5 nitrogen and oxygen atoms in total. The van der Waals surface area contributed by atoms with Crippen LogP contribution >= 0.6 is 11.6 Å². The Morgan fingerprint density at radius 3 is 2.38 bits per heavy atom. The molecular weight excluding hydrogens is 328 g/mol. The Kier molecular flexibility index (Phi) is 4.71. The predicted octanol–water partition coefficient (Wildman–Crippen LogP) is 3.95. The Labute approximate surface area is 145 Å². The van der Waals surface area contributed by atoms with E-state index in [-0.39, 0.29) is 17.7 Å². The number of carbonyl (C=O) groups excluding carboxylic acids is 2. The van der Waals surface area contributed by atoms with E-state index in [2.05, 4.69) is 10.6 Å². The summed E-state index contributed by atoms with van der Waals surface area (Å²) in [5, 5.41) is 5.99. The van der Waals surface area contributed by atoms with Crippen molar-refractivity contribution in [2.24, 2.45) is 5.92 Å². The van der Waals surface area contributed by atoms with Crippen LogP contribution in [-0.2, 0) is 4.79 Å². The first kappa shape index (κ1) is 16.3. The lowest BCUT2D eigenvalue weighted by Crippen LogP contribution is -2.14. The first-order valence-corrected chi connectivity index (χ1v) is 8.00. The number of nitrogens with one attached hydrogen (secondary N) is 2. The van der Waals surface area contributed by atoms with Gasteiger partial charge in [-0.1, -0.05) is 11.6 Å². The highest BCUT2D eigenvalue weighted by molar-refractivity contribution is 6.34. The van der Waals surface area contributed by atoms with Crippen LogP contribution in [0.25, 0.3) is 0 Å². The van der Waals surface area contributed by atoms with Crippen molar-refractivity contribution in [3.63, 3.8) is 0 Å². The summed E-state index contributed by atoms with van der Waals surface area (Å²) < 4.78 is 5.07. The Bertz CT molecular complexity index is 770. The highest BCUT2D eigenvalue weighted by Crippen LogP contribution is 2.30. The predicted molar refractivity (Wildman–Crippen MR) is 93.8 cm³/mol. The quantitative estimate of drug-likeness (QED) is 0.863. The number of benzene rings is 2. The van der Waals surface area contributed by atoms with Gasteiger partial charge in [0.05, 0.1) is 17.8 Å². The fourth-order valence-corrected chi connectivity index (χ4v) is 2.43. The highest BCUT2D eigenvalue weighted by atomic mass is 35.5. The maximum atomic E-state index is 12.3. The van der Waals surface area contributed by atoms with Crippen molar-refractivity contribution in [1.82, 2.24) is 0 Å². The normalized spacial score (nSPS) is 13.2. The fourth-order valence-electron chi connectivity index (χ4n) is 2.21. The first-order valence-electron chi connectivity index (χ1n) is 7.62. The van der Waals surface area contributed by atoms with Gasteiger partial charge in [0.2, 0.25) is 5.91 Å². The summed E-state index contributed by atoms with van der Waals surface area (Å²) in [6.45, 7) is 0. The SMILES string of the molecule is COc1ccc(NC(=O)c2ccc(NC(=O)C3CC3)cc2)c(Cl)c1. The molecule has 124 valence electrons. The van der Waals surface area contributed by atoms with Crippen LogP contribution in [0.3, 0.4) is 0 Å². The molecule has 0 unspecified atom stereocenters. The molecule has 0 saturated heterocycles. The van der Waals surface area contributed by atoms with E-state index in [1.165, 1.54) is 0 Å². The van der Waals surface area contributed by atoms with Crippen LogP contribution in [0.2, 0.25) is 5.02 Å². The molecule has 2 amide bonds. The average molecular weight is 345 g/mol. The van der Waals surface area contributed by atoms with Crippen LogP contribution < -0.4 is 15.4 Å². The average Bonchev–Trinajstić information content (AvgIpc) is 3.42. The third kappa shape index (κ3) is 3.86. The first-order chi connectivity index (χ1) is 11.6. The lowest BCUT2D eigenvalue weighted by Gasteiger charge is -2.09. The zero-order valence-corrected chi connectivity index (χ0v) is 13.9. The van der Waals surface area contributed by atoms with E-state index in [1.54, 1.807) is 49.6 Å². The van der Waals surface area contributed by atoms with Crippen LogP contribution in [0.4, 0.5) is 11.4 Å². The summed E-state index contributed by atoms with van der Waals surface area (Å²) in [4.78, 5) is 24.0. The largest absolute Gasteiger partial charge is 0.497 e. The highest BCUT2D eigenvalue weighted by Gasteiger charge is 2.29. The van der Waals surface area contributed by atoms with E-state index in [4.69, 9.17) is 16.3 Å². The number of anilines is 2. The number of rotatable bonds is 5. The molecule has 1 aliphatic rings. The molecule has 1 aliphatic carbocycles. The zero-order chi connectivity index (χ0) is 17.1. The number of carbonyl (C=O) groups is 2. The molecule has 0 aromatic heterocycles. The standard InChI is InChI=1S/C18H17ClN2O3/c1-24-14-8-9-16(15(19)10-14)21-18(23)12-4-6-13(7-5-12)20-17(22)11-2-3-11/h4-11H,2-3H2,1H3,(H,20,22)(H,21,23). The minimum Gasteiger partial charge on any atom is -0.497 e. The maximum absolute atomic E-state index is 12.3. The Morgan fingerprint density at radius 2 is 1.79 bits per heavy atom. The number of hydrogen-bond donors (Lipinski definition) is 2. The number of amides is 2. The summed E-state index contributed by atoms with van der Waals surface area (Å²) >= 11 is 6.12. The molecule has 2 N–H and O–H groups in total. The van der Waals surface area contributed by atoms with E-state index >= 15 is 0 Å². The summed E-state index contributed by atoms with van der Waals surface area (Å²) in [7, 11) is 1.55. The molecule has 0 spiro atoms. The molecule has 0 heterocycles. The Morgan fingerprint density at radius 1 is 1.08 bits per heavy atom. The van der Waals surface area contributed by atoms with Crippen molar-refractivity contribution in [1.29, 1.82) is 0 Å². The van der Waals surface area contributed by atoms with Gasteiger partial charge in [0.1, 0.15) is 5.75 Å². The van der Waals surface area contributed by atoms with Crippen molar-refractivity contribution in [3.05, 3.63) is 53.1 Å². The summed E-state index contributed by atoms with van der Waals surface area (Å²) in [6, 6.07) is 11.8. The minimum absolute atomic E-state index is 0.0391.